The smallest absolute Gasteiger partial charge is 0.384 e. The fraction of sp³-hybridized carbons (Fsp3) is 0.294. The lowest BCUT2D eigenvalue weighted by Crippen LogP contribution is -2.26. The van der Waals surface area contributed by atoms with Crippen molar-refractivity contribution in [3.63, 3.8) is 0 Å². The molecule has 0 fully saturated rings. The highest BCUT2D eigenvalue weighted by Gasteiger charge is 2.21. The van der Waals surface area contributed by atoms with Crippen LogP contribution in [0.5, 0.6) is 0 Å². The largest absolute Gasteiger partial charge is 0.456 e. The molecule has 0 saturated heterocycles. The van der Waals surface area contributed by atoms with Gasteiger partial charge in [-0.25, -0.2) is 4.79 Å². The molecule has 4 nitrogen and oxygen atoms in total. The summed E-state index contributed by atoms with van der Waals surface area (Å²) in [5.41, 5.74) is -0.247. The van der Waals surface area contributed by atoms with E-state index in [1.165, 1.54) is 6.92 Å². The first-order chi connectivity index (χ1) is 9.95. The van der Waals surface area contributed by atoms with E-state index in [4.69, 9.17) is 9.47 Å². The van der Waals surface area contributed by atoms with Crippen LogP contribution < -0.4 is 0 Å². The molecule has 1 unspecified atom stereocenters. The summed E-state index contributed by atoms with van der Waals surface area (Å²) in [6.07, 6.45) is 3.42. The number of ether oxygens (including phenoxy) is 2. The molecule has 0 amide bonds. The van der Waals surface area contributed by atoms with E-state index in [2.05, 4.69) is 11.8 Å². The van der Waals surface area contributed by atoms with Gasteiger partial charge in [0.25, 0.3) is 0 Å². The number of rotatable bonds is 4. The molecule has 21 heavy (non-hydrogen) atoms. The van der Waals surface area contributed by atoms with E-state index in [0.717, 1.165) is 5.56 Å². The molecule has 1 rings (SSSR count). The molecular weight excluding hydrogens is 268 g/mol. The van der Waals surface area contributed by atoms with Gasteiger partial charge in [-0.15, -0.1) is 0 Å². The number of esters is 2. The first kappa shape index (κ1) is 16.5. The normalized spacial score (nSPS) is 12.9. The molecule has 0 N–H and O–H groups in total. The second kappa shape index (κ2) is 7.91. The lowest BCUT2D eigenvalue weighted by atomic mass is 10.0. The first-order valence-electron chi connectivity index (χ1n) is 6.59. The summed E-state index contributed by atoms with van der Waals surface area (Å²) >= 11 is 0. The minimum Gasteiger partial charge on any atom is -0.456 e. The van der Waals surface area contributed by atoms with Crippen LogP contribution in [0, 0.1) is 11.8 Å². The Labute approximate surface area is 124 Å². The van der Waals surface area contributed by atoms with Crippen LogP contribution in [0.2, 0.25) is 0 Å². The Morgan fingerprint density at radius 2 is 1.95 bits per heavy atom. The lowest BCUT2D eigenvalue weighted by molar-refractivity contribution is -0.147. The molecule has 0 aromatic heterocycles. The maximum atomic E-state index is 11.3. The summed E-state index contributed by atoms with van der Waals surface area (Å²) in [6, 6.07) is 9.51. The van der Waals surface area contributed by atoms with E-state index < -0.39 is 17.5 Å². The Kier molecular flexibility index (Phi) is 6.22. The van der Waals surface area contributed by atoms with Crippen molar-refractivity contribution >= 4 is 18.0 Å². The quantitative estimate of drug-likeness (QED) is 0.485. The van der Waals surface area contributed by atoms with E-state index in [0.29, 0.717) is 0 Å². The van der Waals surface area contributed by atoms with Gasteiger partial charge in [0.15, 0.2) is 5.60 Å². The third-order valence-electron chi connectivity index (χ3n) is 2.44. The molecule has 0 heterocycles. The summed E-state index contributed by atoms with van der Waals surface area (Å²) in [7, 11) is 0. The predicted octanol–water partition coefficient (Wildman–Crippen LogP) is 2.59. The summed E-state index contributed by atoms with van der Waals surface area (Å²) in [5.74, 6) is 3.83. The topological polar surface area (TPSA) is 52.6 Å². The van der Waals surface area contributed by atoms with Crippen LogP contribution in [-0.4, -0.2) is 24.1 Å². The number of carbonyl (C=O) groups excluding carboxylic acids is 2. The third kappa shape index (κ3) is 6.44. The van der Waals surface area contributed by atoms with Crippen LogP contribution in [-0.2, 0) is 19.1 Å². The minimum atomic E-state index is -1.19. The highest BCUT2D eigenvalue weighted by atomic mass is 16.6. The molecule has 4 heteroatoms. The fourth-order valence-electron chi connectivity index (χ4n) is 1.56. The molecule has 110 valence electrons. The average Bonchev–Trinajstić information content (AvgIpc) is 2.44. The Morgan fingerprint density at radius 1 is 1.29 bits per heavy atom. The highest BCUT2D eigenvalue weighted by Crippen LogP contribution is 2.14. The van der Waals surface area contributed by atoms with Gasteiger partial charge in [0.05, 0.1) is 6.61 Å². The molecule has 0 aliphatic heterocycles. The molecule has 0 saturated carbocycles. The summed E-state index contributed by atoms with van der Waals surface area (Å²) < 4.78 is 9.91. The second-order valence-corrected chi connectivity index (χ2v) is 4.42. The molecule has 1 atom stereocenters. The number of hydrogen-bond acceptors (Lipinski definition) is 4. The Morgan fingerprint density at radius 3 is 2.52 bits per heavy atom. The van der Waals surface area contributed by atoms with Gasteiger partial charge in [-0.3, -0.25) is 4.79 Å². The van der Waals surface area contributed by atoms with Crippen LogP contribution in [0.1, 0.15) is 26.3 Å². The van der Waals surface area contributed by atoms with Crippen LogP contribution in [0.4, 0.5) is 0 Å². The molecule has 0 spiro atoms. The Balaban J connectivity index is 2.95. The van der Waals surface area contributed by atoms with E-state index >= 15 is 0 Å². The standard InChI is InChI=1S/C17H18O4/c1-4-20-16(19)11-13-17(3,21-14(2)18)12-10-15-8-6-5-7-9-15/h5-10,12H,4H2,1-3H3/b12-10+. The highest BCUT2D eigenvalue weighted by molar-refractivity contribution is 5.88. The van der Waals surface area contributed by atoms with Gasteiger partial charge in [0.2, 0.25) is 0 Å². The van der Waals surface area contributed by atoms with E-state index in [1.807, 2.05) is 30.3 Å². The maximum absolute atomic E-state index is 11.3. The number of carbonyl (C=O) groups is 2. The summed E-state index contributed by atoms with van der Waals surface area (Å²) in [4.78, 5) is 22.5. The second-order valence-electron chi connectivity index (χ2n) is 4.42. The molecule has 0 aliphatic carbocycles. The van der Waals surface area contributed by atoms with Crippen LogP contribution in [0.3, 0.4) is 0 Å². The molecule has 0 bridgehead atoms. The van der Waals surface area contributed by atoms with Crippen LogP contribution in [0.15, 0.2) is 36.4 Å². The van der Waals surface area contributed by atoms with Gasteiger partial charge >= 0.3 is 11.9 Å². The average molecular weight is 286 g/mol. The molecular formula is C17H18O4. The molecule has 1 aromatic carbocycles. The van der Waals surface area contributed by atoms with Crippen LogP contribution in [0.25, 0.3) is 6.08 Å². The van der Waals surface area contributed by atoms with E-state index in [9.17, 15) is 9.59 Å². The van der Waals surface area contributed by atoms with Crippen molar-refractivity contribution in [1.82, 2.24) is 0 Å². The van der Waals surface area contributed by atoms with E-state index in [-0.39, 0.29) is 6.61 Å². The van der Waals surface area contributed by atoms with E-state index in [1.54, 1.807) is 26.0 Å². The van der Waals surface area contributed by atoms with Crippen molar-refractivity contribution < 1.29 is 19.1 Å². The zero-order valence-electron chi connectivity index (χ0n) is 12.4. The number of hydrogen-bond donors (Lipinski definition) is 0. The lowest BCUT2D eigenvalue weighted by Gasteiger charge is -2.19. The Bertz CT molecular complexity index is 578. The van der Waals surface area contributed by atoms with Gasteiger partial charge in [-0.05, 0) is 31.4 Å². The first-order valence-corrected chi connectivity index (χ1v) is 6.59. The van der Waals surface area contributed by atoms with Crippen molar-refractivity contribution in [2.45, 2.75) is 26.4 Å². The van der Waals surface area contributed by atoms with Crippen molar-refractivity contribution in [2.24, 2.45) is 0 Å². The zero-order valence-corrected chi connectivity index (χ0v) is 12.4. The number of benzene rings is 1. The minimum absolute atomic E-state index is 0.248. The maximum Gasteiger partial charge on any atom is 0.384 e. The summed E-state index contributed by atoms with van der Waals surface area (Å²) in [5, 5.41) is 0. The third-order valence-corrected chi connectivity index (χ3v) is 2.44. The van der Waals surface area contributed by atoms with Crippen LogP contribution >= 0.6 is 0 Å². The van der Waals surface area contributed by atoms with Crippen molar-refractivity contribution in [1.29, 1.82) is 0 Å². The van der Waals surface area contributed by atoms with Gasteiger partial charge in [-0.2, -0.15) is 0 Å². The predicted molar refractivity (Wildman–Crippen MR) is 80.1 cm³/mol. The van der Waals surface area contributed by atoms with Crippen molar-refractivity contribution in [3.8, 4) is 11.8 Å². The van der Waals surface area contributed by atoms with Crippen molar-refractivity contribution in [3.05, 3.63) is 42.0 Å². The van der Waals surface area contributed by atoms with Gasteiger partial charge < -0.3 is 9.47 Å². The summed E-state index contributed by atoms with van der Waals surface area (Å²) in [6.45, 7) is 4.85. The fourth-order valence-corrected chi connectivity index (χ4v) is 1.56. The van der Waals surface area contributed by atoms with Gasteiger partial charge in [0, 0.05) is 12.8 Å². The van der Waals surface area contributed by atoms with Gasteiger partial charge in [-0.1, -0.05) is 36.4 Å². The van der Waals surface area contributed by atoms with Gasteiger partial charge in [0.1, 0.15) is 0 Å². The Hall–Kier alpha value is -2.54. The van der Waals surface area contributed by atoms with Crippen molar-refractivity contribution in [2.75, 3.05) is 6.61 Å². The molecule has 0 radical (unpaired) electrons. The molecule has 0 aliphatic rings. The monoisotopic (exact) mass is 286 g/mol. The zero-order chi connectivity index (χ0) is 15.7. The SMILES string of the molecule is CCOC(=O)C#CC(C)(/C=C/c1ccccc1)OC(C)=O. The molecule has 1 aromatic rings.